The van der Waals surface area contributed by atoms with E-state index < -0.39 is 0 Å². The van der Waals surface area contributed by atoms with Crippen molar-refractivity contribution in [3.05, 3.63) is 47.0 Å². The molecule has 4 nitrogen and oxygen atoms in total. The Kier molecular flexibility index (Phi) is 2.70. The number of nitrogens with two attached hydrogens (primary N) is 1. The molecule has 0 saturated heterocycles. The van der Waals surface area contributed by atoms with Gasteiger partial charge in [-0.15, -0.1) is 0 Å². The summed E-state index contributed by atoms with van der Waals surface area (Å²) >= 11 is 6.01. The van der Waals surface area contributed by atoms with Gasteiger partial charge in [-0.1, -0.05) is 11.6 Å². The Bertz CT molecular complexity index is 466. The van der Waals surface area contributed by atoms with Gasteiger partial charge in [-0.05, 0) is 11.6 Å². The maximum absolute atomic E-state index is 6.06. The van der Waals surface area contributed by atoms with Crippen molar-refractivity contribution in [1.82, 2.24) is 14.8 Å². The van der Waals surface area contributed by atoms with Gasteiger partial charge in [-0.25, -0.2) is 0 Å². The molecule has 2 heterocycles. The highest BCUT2D eigenvalue weighted by molar-refractivity contribution is 6.31. The largest absolute Gasteiger partial charge is 0.320 e. The lowest BCUT2D eigenvalue weighted by Gasteiger charge is -2.10. The minimum absolute atomic E-state index is 0.255. The van der Waals surface area contributed by atoms with Crippen LogP contribution in [0, 0.1) is 0 Å². The van der Waals surface area contributed by atoms with Gasteiger partial charge in [0.15, 0.2) is 0 Å². The van der Waals surface area contributed by atoms with Crippen LogP contribution in [0.5, 0.6) is 0 Å². The van der Waals surface area contributed by atoms with Crippen LogP contribution < -0.4 is 5.73 Å². The summed E-state index contributed by atoms with van der Waals surface area (Å²) < 4.78 is 1.71. The lowest BCUT2D eigenvalue weighted by Crippen LogP contribution is -2.11. The molecule has 0 bridgehead atoms. The lowest BCUT2D eigenvalue weighted by molar-refractivity contribution is 0.765. The first-order valence-electron chi connectivity index (χ1n) is 4.52. The molecule has 78 valence electrons. The molecule has 1 unspecified atom stereocenters. The molecular formula is C10H11ClN4. The fraction of sp³-hybridized carbons (Fsp3) is 0.200. The van der Waals surface area contributed by atoms with Crippen LogP contribution in [0.4, 0.5) is 0 Å². The molecule has 0 aliphatic heterocycles. The Hall–Kier alpha value is -1.39. The minimum atomic E-state index is -0.255. The van der Waals surface area contributed by atoms with Gasteiger partial charge in [0.25, 0.3) is 0 Å². The van der Waals surface area contributed by atoms with Gasteiger partial charge in [0.2, 0.25) is 0 Å². The highest BCUT2D eigenvalue weighted by Gasteiger charge is 2.13. The number of pyridine rings is 1. The van der Waals surface area contributed by atoms with Crippen LogP contribution in [-0.2, 0) is 7.05 Å². The number of aromatic nitrogens is 3. The summed E-state index contributed by atoms with van der Waals surface area (Å²) in [6.45, 7) is 0. The number of rotatable bonds is 2. The van der Waals surface area contributed by atoms with Crippen LogP contribution in [-0.4, -0.2) is 14.8 Å². The van der Waals surface area contributed by atoms with Gasteiger partial charge in [0.05, 0.1) is 17.3 Å². The Morgan fingerprint density at radius 3 is 2.87 bits per heavy atom. The smallest absolute Gasteiger partial charge is 0.0640 e. The molecule has 15 heavy (non-hydrogen) atoms. The van der Waals surface area contributed by atoms with Gasteiger partial charge >= 0.3 is 0 Å². The second-order valence-corrected chi connectivity index (χ2v) is 3.73. The lowest BCUT2D eigenvalue weighted by atomic mass is 10.0. The Morgan fingerprint density at radius 1 is 1.47 bits per heavy atom. The molecule has 2 rings (SSSR count). The summed E-state index contributed by atoms with van der Waals surface area (Å²) in [6, 6.07) is 1.56. The number of halogens is 1. The molecule has 0 saturated carbocycles. The van der Waals surface area contributed by atoms with Crippen molar-refractivity contribution in [1.29, 1.82) is 0 Å². The van der Waals surface area contributed by atoms with Gasteiger partial charge in [-0.3, -0.25) is 9.67 Å². The average molecular weight is 223 g/mol. The summed E-state index contributed by atoms with van der Waals surface area (Å²) in [5.41, 5.74) is 7.86. The van der Waals surface area contributed by atoms with Crippen molar-refractivity contribution in [3.8, 4) is 0 Å². The van der Waals surface area contributed by atoms with Gasteiger partial charge < -0.3 is 5.73 Å². The molecule has 2 aromatic rings. The van der Waals surface area contributed by atoms with E-state index in [2.05, 4.69) is 10.1 Å². The SMILES string of the molecule is Cn1cc(C(N)c2ccncc2Cl)cn1. The molecule has 0 spiro atoms. The Labute approximate surface area is 92.7 Å². The van der Waals surface area contributed by atoms with E-state index in [9.17, 15) is 0 Å². The molecule has 0 amide bonds. The third kappa shape index (κ3) is 2.00. The minimum Gasteiger partial charge on any atom is -0.320 e. The van der Waals surface area contributed by atoms with Crippen molar-refractivity contribution in [2.45, 2.75) is 6.04 Å². The maximum atomic E-state index is 6.06. The zero-order valence-corrected chi connectivity index (χ0v) is 9.02. The van der Waals surface area contributed by atoms with Crippen LogP contribution in [0.3, 0.4) is 0 Å². The second-order valence-electron chi connectivity index (χ2n) is 3.32. The zero-order valence-electron chi connectivity index (χ0n) is 8.26. The molecular weight excluding hydrogens is 212 g/mol. The predicted octanol–water partition coefficient (Wildman–Crippen LogP) is 1.52. The first-order valence-corrected chi connectivity index (χ1v) is 4.90. The normalized spacial score (nSPS) is 12.7. The topological polar surface area (TPSA) is 56.7 Å². The van der Waals surface area contributed by atoms with E-state index in [1.54, 1.807) is 23.3 Å². The number of hydrogen-bond donors (Lipinski definition) is 1. The highest BCUT2D eigenvalue weighted by Crippen LogP contribution is 2.24. The molecule has 0 aliphatic rings. The van der Waals surface area contributed by atoms with E-state index in [4.69, 9.17) is 17.3 Å². The van der Waals surface area contributed by atoms with Crippen LogP contribution in [0.15, 0.2) is 30.9 Å². The van der Waals surface area contributed by atoms with E-state index in [0.717, 1.165) is 11.1 Å². The van der Waals surface area contributed by atoms with Crippen molar-refractivity contribution in [2.75, 3.05) is 0 Å². The predicted molar refractivity (Wildman–Crippen MR) is 58.5 cm³/mol. The number of hydrogen-bond acceptors (Lipinski definition) is 3. The molecule has 0 radical (unpaired) electrons. The monoisotopic (exact) mass is 222 g/mol. The van der Waals surface area contributed by atoms with Crippen LogP contribution in [0.2, 0.25) is 5.02 Å². The third-order valence-corrected chi connectivity index (χ3v) is 2.54. The van der Waals surface area contributed by atoms with Crippen LogP contribution in [0.25, 0.3) is 0 Å². The molecule has 2 N–H and O–H groups in total. The van der Waals surface area contributed by atoms with Crippen molar-refractivity contribution < 1.29 is 0 Å². The van der Waals surface area contributed by atoms with Gasteiger partial charge in [0, 0.05) is 31.2 Å². The first kappa shape index (κ1) is 10.1. The Morgan fingerprint density at radius 2 is 2.27 bits per heavy atom. The highest BCUT2D eigenvalue weighted by atomic mass is 35.5. The van der Waals surface area contributed by atoms with Gasteiger partial charge in [0.1, 0.15) is 0 Å². The van der Waals surface area contributed by atoms with Crippen LogP contribution >= 0.6 is 11.6 Å². The molecule has 5 heteroatoms. The number of aryl methyl sites for hydroxylation is 1. The summed E-state index contributed by atoms with van der Waals surface area (Å²) in [6.07, 6.45) is 6.88. The van der Waals surface area contributed by atoms with Crippen LogP contribution in [0.1, 0.15) is 17.2 Å². The molecule has 0 fully saturated rings. The first-order chi connectivity index (χ1) is 7.18. The molecule has 2 aromatic heterocycles. The summed E-state index contributed by atoms with van der Waals surface area (Å²) in [5, 5.41) is 4.65. The Balaban J connectivity index is 2.36. The fourth-order valence-electron chi connectivity index (χ4n) is 1.42. The summed E-state index contributed by atoms with van der Waals surface area (Å²) in [5.74, 6) is 0. The van der Waals surface area contributed by atoms with E-state index in [-0.39, 0.29) is 6.04 Å². The maximum Gasteiger partial charge on any atom is 0.0640 e. The average Bonchev–Trinajstić information content (AvgIpc) is 2.65. The third-order valence-electron chi connectivity index (χ3n) is 2.22. The number of nitrogens with zero attached hydrogens (tertiary/aromatic N) is 3. The van der Waals surface area contributed by atoms with Crippen molar-refractivity contribution in [2.24, 2.45) is 12.8 Å². The quantitative estimate of drug-likeness (QED) is 0.838. The summed E-state index contributed by atoms with van der Waals surface area (Å²) in [4.78, 5) is 3.92. The van der Waals surface area contributed by atoms with E-state index in [1.165, 1.54) is 0 Å². The van der Waals surface area contributed by atoms with E-state index >= 15 is 0 Å². The summed E-state index contributed by atoms with van der Waals surface area (Å²) in [7, 11) is 1.85. The standard InChI is InChI=1S/C10H11ClN4/c1-15-6-7(4-14-15)10(12)8-2-3-13-5-9(8)11/h2-6,10H,12H2,1H3. The van der Waals surface area contributed by atoms with E-state index in [1.807, 2.05) is 19.3 Å². The molecule has 0 aromatic carbocycles. The van der Waals surface area contributed by atoms with Crippen molar-refractivity contribution >= 4 is 11.6 Å². The fourth-order valence-corrected chi connectivity index (χ4v) is 1.66. The molecule has 0 aliphatic carbocycles. The zero-order chi connectivity index (χ0) is 10.8. The second kappa shape index (κ2) is 4.00. The molecule has 1 atom stereocenters. The van der Waals surface area contributed by atoms with E-state index in [0.29, 0.717) is 5.02 Å². The van der Waals surface area contributed by atoms with Gasteiger partial charge in [-0.2, -0.15) is 5.10 Å². The van der Waals surface area contributed by atoms with Crippen molar-refractivity contribution in [3.63, 3.8) is 0 Å².